The van der Waals surface area contributed by atoms with Crippen LogP contribution in [0.2, 0.25) is 0 Å². The van der Waals surface area contributed by atoms with E-state index in [1.54, 1.807) is 29.1 Å². The number of anilines is 1. The predicted octanol–water partition coefficient (Wildman–Crippen LogP) is 3.26. The number of alkyl halides is 3. The van der Waals surface area contributed by atoms with Crippen molar-refractivity contribution in [3.63, 3.8) is 0 Å². The van der Waals surface area contributed by atoms with Crippen molar-refractivity contribution in [3.05, 3.63) is 54.0 Å². The zero-order valence-electron chi connectivity index (χ0n) is 18.8. The smallest absolute Gasteiger partial charge is 0.340 e. The van der Waals surface area contributed by atoms with Crippen LogP contribution in [-0.4, -0.2) is 69.6 Å². The highest BCUT2D eigenvalue weighted by Gasteiger charge is 2.33. The Hall–Kier alpha value is -3.47. The molecule has 0 unspecified atom stereocenters. The van der Waals surface area contributed by atoms with Gasteiger partial charge in [0.25, 0.3) is 5.91 Å². The SMILES string of the molecule is CN(C)[C@@H]1CCCN(C(=O)Cn2cc3cc(NC(=O)c4cccc(C(F)(F)F)n4)ccc3n2)C1. The van der Waals surface area contributed by atoms with Crippen molar-refractivity contribution in [2.75, 3.05) is 32.5 Å². The summed E-state index contributed by atoms with van der Waals surface area (Å²) in [5.41, 5.74) is -0.457. The molecule has 8 nitrogen and oxygen atoms in total. The highest BCUT2D eigenvalue weighted by Crippen LogP contribution is 2.27. The first-order chi connectivity index (χ1) is 16.1. The Morgan fingerprint density at radius 3 is 2.74 bits per heavy atom. The van der Waals surface area contributed by atoms with Crippen molar-refractivity contribution in [1.29, 1.82) is 0 Å². The third-order valence-electron chi connectivity index (χ3n) is 5.86. The van der Waals surface area contributed by atoms with E-state index in [2.05, 4.69) is 20.3 Å². The van der Waals surface area contributed by atoms with Gasteiger partial charge in [-0.2, -0.15) is 18.3 Å². The largest absolute Gasteiger partial charge is 0.433 e. The van der Waals surface area contributed by atoms with Crippen LogP contribution >= 0.6 is 0 Å². The van der Waals surface area contributed by atoms with Crippen molar-refractivity contribution in [2.45, 2.75) is 31.6 Å². The van der Waals surface area contributed by atoms with E-state index in [4.69, 9.17) is 0 Å². The van der Waals surface area contributed by atoms with Crippen LogP contribution in [0.15, 0.2) is 42.6 Å². The fourth-order valence-electron chi connectivity index (χ4n) is 3.99. The molecule has 1 aliphatic heterocycles. The molecule has 1 N–H and O–H groups in total. The minimum atomic E-state index is -4.64. The zero-order valence-corrected chi connectivity index (χ0v) is 18.8. The van der Waals surface area contributed by atoms with Crippen molar-refractivity contribution in [1.82, 2.24) is 24.6 Å². The van der Waals surface area contributed by atoms with Crippen LogP contribution in [0.4, 0.5) is 18.9 Å². The summed E-state index contributed by atoms with van der Waals surface area (Å²) in [6.45, 7) is 1.51. The van der Waals surface area contributed by atoms with E-state index in [9.17, 15) is 22.8 Å². The number of piperidine rings is 1. The molecule has 3 aromatic rings. The van der Waals surface area contributed by atoms with E-state index in [1.165, 1.54) is 6.07 Å². The minimum Gasteiger partial charge on any atom is -0.340 e. The number of likely N-dealkylation sites (N-methyl/N-ethyl adjacent to an activating group) is 1. The first-order valence-electron chi connectivity index (χ1n) is 10.9. The lowest BCUT2D eigenvalue weighted by atomic mass is 10.0. The Kier molecular flexibility index (Phi) is 6.56. The summed E-state index contributed by atoms with van der Waals surface area (Å²) >= 11 is 0. The molecule has 1 aliphatic rings. The Labute approximate surface area is 194 Å². The second-order valence-corrected chi connectivity index (χ2v) is 8.56. The molecule has 0 aliphatic carbocycles. The first kappa shape index (κ1) is 23.7. The van der Waals surface area contributed by atoms with Crippen molar-refractivity contribution in [2.24, 2.45) is 0 Å². The van der Waals surface area contributed by atoms with E-state index in [-0.39, 0.29) is 18.1 Å². The van der Waals surface area contributed by atoms with Gasteiger partial charge in [-0.3, -0.25) is 14.3 Å². The molecule has 0 spiro atoms. The van der Waals surface area contributed by atoms with Crippen molar-refractivity contribution >= 4 is 28.4 Å². The molecule has 180 valence electrons. The number of hydrogen-bond acceptors (Lipinski definition) is 5. The molecule has 3 heterocycles. The normalized spacial score (nSPS) is 16.8. The third kappa shape index (κ3) is 5.36. The van der Waals surface area contributed by atoms with E-state index in [1.807, 2.05) is 19.0 Å². The van der Waals surface area contributed by atoms with Gasteiger partial charge in [0, 0.05) is 36.4 Å². The van der Waals surface area contributed by atoms with Gasteiger partial charge in [-0.15, -0.1) is 0 Å². The van der Waals surface area contributed by atoms with E-state index in [0.717, 1.165) is 31.5 Å². The lowest BCUT2D eigenvalue weighted by Crippen LogP contribution is -2.48. The zero-order chi connectivity index (χ0) is 24.5. The van der Waals surface area contributed by atoms with Gasteiger partial charge >= 0.3 is 6.18 Å². The molecule has 0 radical (unpaired) electrons. The number of rotatable bonds is 5. The molecule has 1 aromatic carbocycles. The van der Waals surface area contributed by atoms with Crippen LogP contribution in [0, 0.1) is 0 Å². The molecule has 34 heavy (non-hydrogen) atoms. The lowest BCUT2D eigenvalue weighted by Gasteiger charge is -2.36. The summed E-state index contributed by atoms with van der Waals surface area (Å²) in [7, 11) is 4.02. The Morgan fingerprint density at radius 2 is 2.00 bits per heavy atom. The van der Waals surface area contributed by atoms with Crippen LogP contribution in [0.3, 0.4) is 0 Å². The number of aromatic nitrogens is 3. The molecule has 2 amide bonds. The summed E-state index contributed by atoms with van der Waals surface area (Å²) in [5.74, 6) is -0.767. The van der Waals surface area contributed by atoms with Gasteiger partial charge in [0.1, 0.15) is 17.9 Å². The maximum atomic E-state index is 12.9. The van der Waals surface area contributed by atoms with E-state index < -0.39 is 17.8 Å². The molecule has 0 bridgehead atoms. The molecular weight excluding hydrogens is 449 g/mol. The number of nitrogens with zero attached hydrogens (tertiary/aromatic N) is 5. The maximum Gasteiger partial charge on any atom is 0.433 e. The van der Waals surface area contributed by atoms with Gasteiger partial charge in [-0.05, 0) is 57.3 Å². The van der Waals surface area contributed by atoms with Gasteiger partial charge in [0.2, 0.25) is 5.91 Å². The second kappa shape index (κ2) is 9.41. The number of halogens is 3. The molecule has 1 fully saturated rings. The lowest BCUT2D eigenvalue weighted by molar-refractivity contribution is -0.141. The minimum absolute atomic E-state index is 0.0106. The number of hydrogen-bond donors (Lipinski definition) is 1. The van der Waals surface area contributed by atoms with Gasteiger partial charge in [-0.1, -0.05) is 6.07 Å². The number of amides is 2. The van der Waals surface area contributed by atoms with Crippen molar-refractivity contribution in [3.8, 4) is 0 Å². The monoisotopic (exact) mass is 474 g/mol. The molecule has 4 rings (SSSR count). The summed E-state index contributed by atoms with van der Waals surface area (Å²) in [6.07, 6.45) is -0.909. The summed E-state index contributed by atoms with van der Waals surface area (Å²) < 4.78 is 40.2. The molecule has 1 atom stereocenters. The van der Waals surface area contributed by atoms with Gasteiger partial charge < -0.3 is 15.1 Å². The van der Waals surface area contributed by atoms with Crippen LogP contribution in [0.1, 0.15) is 29.0 Å². The van der Waals surface area contributed by atoms with Crippen LogP contribution in [0.5, 0.6) is 0 Å². The number of pyridine rings is 1. The Bertz CT molecular complexity index is 1210. The van der Waals surface area contributed by atoms with Crippen LogP contribution in [-0.2, 0) is 17.5 Å². The fourth-order valence-corrected chi connectivity index (χ4v) is 3.99. The molecule has 11 heteroatoms. The van der Waals surface area contributed by atoms with Gasteiger partial charge in [0.05, 0.1) is 5.52 Å². The quantitative estimate of drug-likeness (QED) is 0.614. The van der Waals surface area contributed by atoms with Gasteiger partial charge in [0.15, 0.2) is 0 Å². The highest BCUT2D eigenvalue weighted by atomic mass is 19.4. The molecular formula is C23H25F3N6O2. The third-order valence-corrected chi connectivity index (χ3v) is 5.86. The average molecular weight is 474 g/mol. The highest BCUT2D eigenvalue weighted by molar-refractivity contribution is 6.03. The molecule has 0 saturated carbocycles. The Morgan fingerprint density at radius 1 is 1.21 bits per heavy atom. The number of carbonyl (C=O) groups excluding carboxylic acids is 2. The van der Waals surface area contributed by atoms with Crippen LogP contribution < -0.4 is 5.32 Å². The molecule has 1 saturated heterocycles. The number of carbonyl (C=O) groups is 2. The first-order valence-corrected chi connectivity index (χ1v) is 10.9. The summed E-state index contributed by atoms with van der Waals surface area (Å²) in [4.78, 5) is 32.6. The van der Waals surface area contributed by atoms with Crippen LogP contribution in [0.25, 0.3) is 10.9 Å². The predicted molar refractivity (Wildman–Crippen MR) is 120 cm³/mol. The van der Waals surface area contributed by atoms with Gasteiger partial charge in [-0.25, -0.2) is 4.98 Å². The number of benzene rings is 1. The van der Waals surface area contributed by atoms with E-state index >= 15 is 0 Å². The topological polar surface area (TPSA) is 83.4 Å². The second-order valence-electron chi connectivity index (χ2n) is 8.56. The van der Waals surface area contributed by atoms with E-state index in [0.29, 0.717) is 29.2 Å². The molecule has 2 aromatic heterocycles. The number of likely N-dealkylation sites (tertiary alicyclic amines) is 1. The Balaban J connectivity index is 1.44. The fraction of sp³-hybridized carbons (Fsp3) is 0.391. The van der Waals surface area contributed by atoms with Crippen molar-refractivity contribution < 1.29 is 22.8 Å². The number of nitrogens with one attached hydrogen (secondary N) is 1. The number of fused-ring (bicyclic) bond motifs is 1. The summed E-state index contributed by atoms with van der Waals surface area (Å²) in [5, 5.41) is 7.68. The maximum absolute atomic E-state index is 12.9. The standard InChI is InChI=1S/C23H25F3N6O2/c1-30(2)17-5-4-10-31(13-17)21(33)14-32-12-15-11-16(8-9-18(15)29-32)27-22(34)19-6-3-7-20(28-19)23(24,25)26/h3,6-9,11-12,17H,4-5,10,13-14H2,1-2H3,(H,27,34)/t17-/m1/s1. The summed E-state index contributed by atoms with van der Waals surface area (Å²) in [6, 6.07) is 8.42. The average Bonchev–Trinajstić information content (AvgIpc) is 3.20.